The number of rotatable bonds is 2. The van der Waals surface area contributed by atoms with E-state index in [-0.39, 0.29) is 10.5 Å². The van der Waals surface area contributed by atoms with Crippen molar-refractivity contribution in [2.45, 2.75) is 19.9 Å². The lowest BCUT2D eigenvalue weighted by Gasteiger charge is -2.09. The Morgan fingerprint density at radius 1 is 1.47 bits per heavy atom. The summed E-state index contributed by atoms with van der Waals surface area (Å²) in [6.07, 6.45) is 0. The molecular weight excluding hydrogens is 268 g/mol. The number of hydrogen-bond donors (Lipinski definition) is 2. The molecule has 0 bridgehead atoms. The summed E-state index contributed by atoms with van der Waals surface area (Å²) < 4.78 is 0.791. The number of nitrogens with one attached hydrogen (secondary N) is 1. The van der Waals surface area contributed by atoms with E-state index < -0.39 is 22.9 Å². The van der Waals surface area contributed by atoms with Gasteiger partial charge in [-0.25, -0.2) is 9.59 Å². The Kier molecular flexibility index (Phi) is 3.13. The van der Waals surface area contributed by atoms with E-state index >= 15 is 0 Å². The molecule has 1 aromatic rings. The average Bonchev–Trinajstić information content (AvgIpc) is 2.10. The molecular formula is C8H9BrN2O4. The van der Waals surface area contributed by atoms with E-state index in [1.165, 1.54) is 0 Å². The van der Waals surface area contributed by atoms with Gasteiger partial charge in [0.05, 0.1) is 0 Å². The maximum atomic E-state index is 11.6. The highest BCUT2D eigenvalue weighted by Crippen LogP contribution is 2.08. The van der Waals surface area contributed by atoms with Crippen LogP contribution in [-0.4, -0.2) is 20.6 Å². The second-order valence-electron chi connectivity index (χ2n) is 3.19. The summed E-state index contributed by atoms with van der Waals surface area (Å²) in [5, 5.41) is 8.70. The topological polar surface area (TPSA) is 92.2 Å². The van der Waals surface area contributed by atoms with Gasteiger partial charge in [0.2, 0.25) is 0 Å². The Hall–Kier alpha value is -1.37. The van der Waals surface area contributed by atoms with E-state index in [2.05, 4.69) is 20.9 Å². The van der Waals surface area contributed by atoms with Gasteiger partial charge in [0.15, 0.2) is 0 Å². The monoisotopic (exact) mass is 276 g/mol. The summed E-state index contributed by atoms with van der Waals surface area (Å²) in [4.78, 5) is 35.8. The number of aromatic nitrogens is 2. The zero-order valence-corrected chi connectivity index (χ0v) is 9.66. The fourth-order valence-corrected chi connectivity index (χ4v) is 1.60. The van der Waals surface area contributed by atoms with E-state index in [1.54, 1.807) is 13.8 Å². The average molecular weight is 277 g/mol. The Balaban J connectivity index is 3.67. The third kappa shape index (κ3) is 2.01. The maximum absolute atomic E-state index is 11.6. The molecule has 1 heterocycles. The van der Waals surface area contributed by atoms with Crippen molar-refractivity contribution in [3.63, 3.8) is 0 Å². The number of nitrogens with zero attached hydrogens (tertiary/aromatic N) is 1. The lowest BCUT2D eigenvalue weighted by atomic mass is 10.3. The second-order valence-corrected chi connectivity index (χ2v) is 3.99. The minimum Gasteiger partial charge on any atom is -0.477 e. The normalized spacial score (nSPS) is 10.7. The van der Waals surface area contributed by atoms with Crippen LogP contribution in [-0.2, 0) is 0 Å². The molecule has 6 nitrogen and oxygen atoms in total. The third-order valence-electron chi connectivity index (χ3n) is 1.81. The predicted molar refractivity (Wildman–Crippen MR) is 56.4 cm³/mol. The van der Waals surface area contributed by atoms with Gasteiger partial charge >= 0.3 is 11.7 Å². The quantitative estimate of drug-likeness (QED) is 0.827. The van der Waals surface area contributed by atoms with Crippen LogP contribution in [0.15, 0.2) is 14.1 Å². The molecule has 0 aliphatic heterocycles. The first-order valence-electron chi connectivity index (χ1n) is 4.14. The summed E-state index contributed by atoms with van der Waals surface area (Å²) in [6.45, 7) is 3.31. The van der Waals surface area contributed by atoms with E-state index in [1.807, 2.05) is 0 Å². The molecule has 1 aromatic heterocycles. The van der Waals surface area contributed by atoms with Crippen LogP contribution in [0.4, 0.5) is 0 Å². The van der Waals surface area contributed by atoms with E-state index in [4.69, 9.17) is 5.11 Å². The molecule has 0 aliphatic rings. The molecule has 0 atom stereocenters. The van der Waals surface area contributed by atoms with Crippen molar-refractivity contribution < 1.29 is 9.90 Å². The molecule has 0 fully saturated rings. The highest BCUT2D eigenvalue weighted by Gasteiger charge is 2.17. The van der Waals surface area contributed by atoms with Crippen molar-refractivity contribution >= 4 is 21.9 Å². The zero-order valence-electron chi connectivity index (χ0n) is 8.07. The second kappa shape index (κ2) is 4.01. The summed E-state index contributed by atoms with van der Waals surface area (Å²) >= 11 is 2.85. The lowest BCUT2D eigenvalue weighted by molar-refractivity contribution is 0.0688. The van der Waals surface area contributed by atoms with Crippen molar-refractivity contribution in [1.29, 1.82) is 0 Å². The molecule has 0 radical (unpaired) electrons. The van der Waals surface area contributed by atoms with Crippen molar-refractivity contribution in [1.82, 2.24) is 9.55 Å². The Morgan fingerprint density at radius 2 is 2.00 bits per heavy atom. The summed E-state index contributed by atoms with van der Waals surface area (Å²) in [7, 11) is 0. The fraction of sp³-hybridized carbons (Fsp3) is 0.375. The van der Waals surface area contributed by atoms with Crippen molar-refractivity contribution in [3.8, 4) is 0 Å². The van der Waals surface area contributed by atoms with Crippen LogP contribution in [0.25, 0.3) is 0 Å². The number of halogens is 1. The highest BCUT2D eigenvalue weighted by atomic mass is 79.9. The van der Waals surface area contributed by atoms with Gasteiger partial charge in [-0.05, 0) is 29.8 Å². The van der Waals surface area contributed by atoms with Crippen molar-refractivity contribution in [2.75, 3.05) is 0 Å². The zero-order chi connectivity index (χ0) is 11.7. The van der Waals surface area contributed by atoms with Crippen LogP contribution < -0.4 is 11.2 Å². The fourth-order valence-electron chi connectivity index (χ4n) is 1.14. The van der Waals surface area contributed by atoms with Gasteiger partial charge in [0, 0.05) is 6.04 Å². The summed E-state index contributed by atoms with van der Waals surface area (Å²) in [5.41, 5.74) is -1.80. The summed E-state index contributed by atoms with van der Waals surface area (Å²) in [5.74, 6) is -1.35. The van der Waals surface area contributed by atoms with E-state index in [9.17, 15) is 14.4 Å². The molecule has 15 heavy (non-hydrogen) atoms. The van der Waals surface area contributed by atoms with Crippen LogP contribution in [0.5, 0.6) is 0 Å². The molecule has 0 spiro atoms. The SMILES string of the molecule is CC(C)n1c(=O)[nH]c(C(=O)O)c(Br)c1=O. The minimum absolute atomic E-state index is 0.150. The van der Waals surface area contributed by atoms with Gasteiger partial charge in [-0.15, -0.1) is 0 Å². The molecule has 0 amide bonds. The standard InChI is InChI=1S/C8H9BrN2O4/c1-3(2)11-6(12)4(9)5(7(13)14)10-8(11)15/h3H,1-2H3,(H,10,15)(H,13,14). The molecule has 7 heteroatoms. The van der Waals surface area contributed by atoms with Gasteiger partial charge < -0.3 is 10.1 Å². The van der Waals surface area contributed by atoms with E-state index in [0.717, 1.165) is 4.57 Å². The Morgan fingerprint density at radius 3 is 2.40 bits per heavy atom. The molecule has 1 rings (SSSR count). The number of aromatic carboxylic acids is 1. The first kappa shape index (κ1) is 11.7. The van der Waals surface area contributed by atoms with Crippen molar-refractivity contribution in [3.05, 3.63) is 31.0 Å². The number of aromatic amines is 1. The van der Waals surface area contributed by atoms with Gasteiger partial charge in [0.1, 0.15) is 10.2 Å². The van der Waals surface area contributed by atoms with Crippen LogP contribution in [0, 0.1) is 0 Å². The number of carboxylic acid groups (broad SMARTS) is 1. The van der Waals surface area contributed by atoms with Gasteiger partial charge in [-0.1, -0.05) is 0 Å². The van der Waals surface area contributed by atoms with E-state index in [0.29, 0.717) is 0 Å². The smallest absolute Gasteiger partial charge is 0.353 e. The number of carboxylic acids is 1. The number of carbonyl (C=O) groups is 1. The Labute approximate surface area is 92.7 Å². The predicted octanol–water partition coefficient (Wildman–Crippen LogP) is 0.578. The number of H-pyrrole nitrogens is 1. The molecule has 0 saturated carbocycles. The molecule has 0 unspecified atom stereocenters. The first-order chi connectivity index (χ1) is 6.86. The molecule has 0 aliphatic carbocycles. The third-order valence-corrected chi connectivity index (χ3v) is 2.54. The molecule has 0 saturated heterocycles. The lowest BCUT2D eigenvalue weighted by Crippen LogP contribution is -2.38. The van der Waals surface area contributed by atoms with Crippen LogP contribution in [0.3, 0.4) is 0 Å². The largest absolute Gasteiger partial charge is 0.477 e. The highest BCUT2D eigenvalue weighted by molar-refractivity contribution is 9.10. The van der Waals surface area contributed by atoms with Crippen molar-refractivity contribution in [2.24, 2.45) is 0 Å². The van der Waals surface area contributed by atoms with Crippen LogP contribution >= 0.6 is 15.9 Å². The molecule has 82 valence electrons. The summed E-state index contributed by atoms with van der Waals surface area (Å²) in [6, 6.07) is -0.333. The number of hydrogen-bond acceptors (Lipinski definition) is 3. The maximum Gasteiger partial charge on any atom is 0.353 e. The van der Waals surface area contributed by atoms with Gasteiger partial charge in [-0.2, -0.15) is 0 Å². The first-order valence-corrected chi connectivity index (χ1v) is 4.93. The van der Waals surface area contributed by atoms with Gasteiger partial charge in [0.25, 0.3) is 5.56 Å². The Bertz CT molecular complexity index is 514. The minimum atomic E-state index is -1.35. The molecule has 2 N–H and O–H groups in total. The van der Waals surface area contributed by atoms with Gasteiger partial charge in [-0.3, -0.25) is 9.36 Å². The van der Waals surface area contributed by atoms with Crippen LogP contribution in [0.1, 0.15) is 30.4 Å². The van der Waals surface area contributed by atoms with Crippen LogP contribution in [0.2, 0.25) is 0 Å². The molecule has 0 aromatic carbocycles.